The van der Waals surface area contributed by atoms with E-state index in [0.717, 1.165) is 12.8 Å². The van der Waals surface area contributed by atoms with E-state index >= 15 is 0 Å². The first kappa shape index (κ1) is 12.5. The maximum Gasteiger partial charge on any atom is 0.389 e. The van der Waals surface area contributed by atoms with Crippen molar-refractivity contribution in [1.82, 2.24) is 0 Å². The Morgan fingerprint density at radius 2 is 2.07 bits per heavy atom. The van der Waals surface area contributed by atoms with Crippen LogP contribution in [0.5, 0.6) is 0 Å². The summed E-state index contributed by atoms with van der Waals surface area (Å²) in [4.78, 5) is 11.4. The molecule has 88 valence electrons. The predicted octanol–water partition coefficient (Wildman–Crippen LogP) is 2.71. The number of halogens is 3. The Bertz CT molecular complexity index is 221. The van der Waals surface area contributed by atoms with E-state index in [1.807, 2.05) is 0 Å². The normalized spacial score (nSPS) is 18.9. The van der Waals surface area contributed by atoms with E-state index < -0.39 is 30.9 Å². The third-order valence-corrected chi connectivity index (χ3v) is 2.37. The summed E-state index contributed by atoms with van der Waals surface area (Å²) in [6.45, 7) is 2.12. The van der Waals surface area contributed by atoms with Crippen molar-refractivity contribution in [3.63, 3.8) is 0 Å². The van der Waals surface area contributed by atoms with Crippen LogP contribution in [-0.4, -0.2) is 24.7 Å². The maximum atomic E-state index is 11.9. The molecular weight excluding hydrogens is 209 g/mol. The van der Waals surface area contributed by atoms with Crippen molar-refractivity contribution >= 4 is 5.78 Å². The fourth-order valence-corrected chi connectivity index (χ4v) is 1.48. The molecule has 0 amide bonds. The van der Waals surface area contributed by atoms with Crippen molar-refractivity contribution in [2.24, 2.45) is 5.92 Å². The topological polar surface area (TPSA) is 26.3 Å². The molecule has 5 heteroatoms. The summed E-state index contributed by atoms with van der Waals surface area (Å²) in [5, 5.41) is 0. The van der Waals surface area contributed by atoms with Gasteiger partial charge in [-0.15, -0.1) is 0 Å². The van der Waals surface area contributed by atoms with Crippen molar-refractivity contribution in [2.75, 3.05) is 6.61 Å². The van der Waals surface area contributed by atoms with Gasteiger partial charge >= 0.3 is 6.18 Å². The number of alkyl halides is 3. The minimum Gasteiger partial charge on any atom is -0.370 e. The van der Waals surface area contributed by atoms with Gasteiger partial charge in [0.1, 0.15) is 6.10 Å². The largest absolute Gasteiger partial charge is 0.389 e. The van der Waals surface area contributed by atoms with Gasteiger partial charge in [-0.1, -0.05) is 0 Å². The van der Waals surface area contributed by atoms with Crippen LogP contribution in [0.1, 0.15) is 32.6 Å². The zero-order chi connectivity index (χ0) is 11.5. The highest BCUT2D eigenvalue weighted by molar-refractivity contribution is 5.83. The van der Waals surface area contributed by atoms with Gasteiger partial charge in [-0.3, -0.25) is 4.79 Å². The quantitative estimate of drug-likeness (QED) is 0.693. The minimum absolute atomic E-state index is 0.158. The lowest BCUT2D eigenvalue weighted by Gasteiger charge is -2.15. The van der Waals surface area contributed by atoms with Gasteiger partial charge in [0.2, 0.25) is 0 Å². The molecule has 0 aromatic rings. The van der Waals surface area contributed by atoms with Crippen LogP contribution >= 0.6 is 0 Å². The average Bonchev–Trinajstić information content (AvgIpc) is 2.92. The molecule has 0 saturated heterocycles. The Kier molecular flexibility index (Phi) is 4.13. The van der Waals surface area contributed by atoms with Crippen molar-refractivity contribution in [3.05, 3.63) is 0 Å². The summed E-state index contributed by atoms with van der Waals surface area (Å²) >= 11 is 0. The Balaban J connectivity index is 2.35. The van der Waals surface area contributed by atoms with Gasteiger partial charge in [0, 0.05) is 13.0 Å². The molecule has 1 atom stereocenters. The maximum absolute atomic E-state index is 11.9. The second-order valence-corrected chi connectivity index (χ2v) is 3.79. The Morgan fingerprint density at radius 3 is 2.47 bits per heavy atom. The number of Topliss-reactive ketones (excluding diaryl/α,β-unsaturated/α-hetero) is 1. The van der Waals surface area contributed by atoms with Crippen molar-refractivity contribution in [1.29, 1.82) is 0 Å². The van der Waals surface area contributed by atoms with E-state index in [2.05, 4.69) is 0 Å². The number of ketones is 1. The number of carbonyl (C=O) groups excluding carboxylic acids is 1. The fraction of sp³-hybridized carbons (Fsp3) is 0.900. The van der Waals surface area contributed by atoms with Gasteiger partial charge < -0.3 is 4.74 Å². The van der Waals surface area contributed by atoms with E-state index in [0.29, 0.717) is 6.61 Å². The first-order chi connectivity index (χ1) is 6.94. The summed E-state index contributed by atoms with van der Waals surface area (Å²) in [6.07, 6.45) is -4.56. The second-order valence-electron chi connectivity index (χ2n) is 3.79. The molecule has 1 unspecified atom stereocenters. The Hall–Kier alpha value is -0.580. The molecule has 0 N–H and O–H groups in total. The van der Waals surface area contributed by atoms with Crippen LogP contribution in [0.2, 0.25) is 0 Å². The lowest BCUT2D eigenvalue weighted by Crippen LogP contribution is -2.27. The molecule has 0 aliphatic heterocycles. The average molecular weight is 224 g/mol. The second kappa shape index (κ2) is 4.96. The molecule has 0 aromatic carbocycles. The van der Waals surface area contributed by atoms with Gasteiger partial charge in [-0.2, -0.15) is 13.2 Å². The van der Waals surface area contributed by atoms with Crippen LogP contribution in [0.3, 0.4) is 0 Å². The molecule has 1 saturated carbocycles. The smallest absolute Gasteiger partial charge is 0.370 e. The monoisotopic (exact) mass is 224 g/mol. The van der Waals surface area contributed by atoms with E-state index in [9.17, 15) is 18.0 Å². The van der Waals surface area contributed by atoms with Crippen LogP contribution in [0.25, 0.3) is 0 Å². The van der Waals surface area contributed by atoms with Gasteiger partial charge in [-0.25, -0.2) is 0 Å². The summed E-state index contributed by atoms with van der Waals surface area (Å²) in [6, 6.07) is 0. The zero-order valence-electron chi connectivity index (χ0n) is 8.64. The van der Waals surface area contributed by atoms with E-state index in [1.54, 1.807) is 6.92 Å². The predicted molar refractivity (Wildman–Crippen MR) is 48.4 cm³/mol. The first-order valence-corrected chi connectivity index (χ1v) is 5.15. The molecule has 0 bridgehead atoms. The highest BCUT2D eigenvalue weighted by atomic mass is 19.4. The SMILES string of the molecule is CCOC(C(=O)CCC(F)(F)F)C1CC1. The molecule has 0 spiro atoms. The number of carbonyl (C=O) groups is 1. The van der Waals surface area contributed by atoms with Crippen molar-refractivity contribution < 1.29 is 22.7 Å². The third kappa shape index (κ3) is 4.64. The molecule has 1 aliphatic rings. The first-order valence-electron chi connectivity index (χ1n) is 5.15. The van der Waals surface area contributed by atoms with Gasteiger partial charge in [-0.05, 0) is 25.7 Å². The van der Waals surface area contributed by atoms with Gasteiger partial charge in [0.15, 0.2) is 5.78 Å². The summed E-state index contributed by atoms with van der Waals surface area (Å²) < 4.78 is 40.8. The molecular formula is C10H15F3O2. The van der Waals surface area contributed by atoms with Gasteiger partial charge in [0.25, 0.3) is 0 Å². The molecule has 1 aliphatic carbocycles. The van der Waals surface area contributed by atoms with Crippen LogP contribution in [0, 0.1) is 5.92 Å². The summed E-state index contributed by atoms with van der Waals surface area (Å²) in [5.41, 5.74) is 0. The standard InChI is InChI=1S/C10H15F3O2/c1-2-15-9(7-3-4-7)8(14)5-6-10(11,12)13/h7,9H,2-6H2,1H3. The number of rotatable bonds is 6. The van der Waals surface area contributed by atoms with Crippen molar-refractivity contribution in [3.8, 4) is 0 Å². The van der Waals surface area contributed by atoms with Crippen LogP contribution < -0.4 is 0 Å². The van der Waals surface area contributed by atoms with Crippen LogP contribution in [0.4, 0.5) is 13.2 Å². The van der Waals surface area contributed by atoms with E-state index in [-0.39, 0.29) is 5.92 Å². The molecule has 1 fully saturated rings. The van der Waals surface area contributed by atoms with E-state index in [1.165, 1.54) is 0 Å². The number of ether oxygens (including phenoxy) is 1. The third-order valence-electron chi connectivity index (χ3n) is 2.37. The number of hydrogen-bond donors (Lipinski definition) is 0. The minimum atomic E-state index is -4.25. The highest BCUT2D eigenvalue weighted by Crippen LogP contribution is 2.36. The number of hydrogen-bond acceptors (Lipinski definition) is 2. The zero-order valence-corrected chi connectivity index (χ0v) is 8.64. The molecule has 15 heavy (non-hydrogen) atoms. The van der Waals surface area contributed by atoms with Crippen LogP contribution in [0.15, 0.2) is 0 Å². The lowest BCUT2D eigenvalue weighted by atomic mass is 10.1. The summed E-state index contributed by atoms with van der Waals surface area (Å²) in [5.74, 6) is -0.248. The highest BCUT2D eigenvalue weighted by Gasteiger charge is 2.38. The summed E-state index contributed by atoms with van der Waals surface area (Å²) in [7, 11) is 0. The Labute approximate surface area is 86.8 Å². The lowest BCUT2D eigenvalue weighted by molar-refractivity contribution is -0.148. The van der Waals surface area contributed by atoms with Crippen LogP contribution in [-0.2, 0) is 9.53 Å². The molecule has 1 rings (SSSR count). The fourth-order valence-electron chi connectivity index (χ4n) is 1.48. The molecule has 0 aromatic heterocycles. The molecule has 0 heterocycles. The molecule has 2 nitrogen and oxygen atoms in total. The Morgan fingerprint density at radius 1 is 1.47 bits per heavy atom. The van der Waals surface area contributed by atoms with Crippen molar-refractivity contribution in [2.45, 2.75) is 44.9 Å². The van der Waals surface area contributed by atoms with E-state index in [4.69, 9.17) is 4.74 Å². The van der Waals surface area contributed by atoms with Gasteiger partial charge in [0.05, 0.1) is 6.42 Å². The molecule has 0 radical (unpaired) electrons.